The van der Waals surface area contributed by atoms with Gasteiger partial charge in [-0.05, 0) is 74.2 Å². The monoisotopic (exact) mass is 408 g/mol. The van der Waals surface area contributed by atoms with Gasteiger partial charge in [-0.2, -0.15) is 0 Å². The molecule has 0 radical (unpaired) electrons. The molecule has 0 bridgehead atoms. The molecule has 0 aromatic heterocycles. The van der Waals surface area contributed by atoms with Gasteiger partial charge in [0.05, 0.1) is 14.2 Å². The topological polar surface area (TPSA) is 52.6 Å². The maximum Gasteiger partial charge on any atom is 0.170 e. The van der Waals surface area contributed by atoms with Crippen LogP contribution in [-0.4, -0.2) is 25.8 Å². The zero-order chi connectivity index (χ0) is 22.3. The Bertz CT molecular complexity index is 872. The molecule has 4 nitrogen and oxygen atoms in total. The lowest BCUT2D eigenvalue weighted by Crippen LogP contribution is -2.29. The number of benzene rings is 2. The number of methoxy groups -OCH3 is 2. The lowest BCUT2D eigenvalue weighted by atomic mass is 9.75. The highest BCUT2D eigenvalue weighted by molar-refractivity contribution is 6.01. The molecule has 2 rings (SSSR count). The Morgan fingerprint density at radius 1 is 0.833 bits per heavy atom. The van der Waals surface area contributed by atoms with Crippen LogP contribution in [0, 0.1) is 17.8 Å². The first-order valence-electron chi connectivity index (χ1n) is 10.3. The van der Waals surface area contributed by atoms with E-state index in [1.807, 2.05) is 19.9 Å². The average molecular weight is 409 g/mol. The highest BCUT2D eigenvalue weighted by Crippen LogP contribution is 2.32. The highest BCUT2D eigenvalue weighted by atomic mass is 16.5. The Morgan fingerprint density at radius 2 is 1.30 bits per heavy atom. The van der Waals surface area contributed by atoms with Crippen LogP contribution in [0.25, 0.3) is 0 Å². The predicted molar refractivity (Wildman–Crippen MR) is 121 cm³/mol. The first-order chi connectivity index (χ1) is 14.3. The Hall–Kier alpha value is -2.88. The zero-order valence-electron chi connectivity index (χ0n) is 18.8. The zero-order valence-corrected chi connectivity index (χ0v) is 18.8. The van der Waals surface area contributed by atoms with Crippen molar-refractivity contribution in [3.63, 3.8) is 0 Å². The van der Waals surface area contributed by atoms with E-state index in [2.05, 4.69) is 13.8 Å². The number of ketones is 2. The number of hydrogen-bond donors (Lipinski definition) is 0. The van der Waals surface area contributed by atoms with Crippen LogP contribution in [0.2, 0.25) is 0 Å². The summed E-state index contributed by atoms with van der Waals surface area (Å²) in [6.45, 7) is 8.10. The Kier molecular flexibility index (Phi) is 8.40. The molecule has 0 spiro atoms. The van der Waals surface area contributed by atoms with Gasteiger partial charge in [-0.25, -0.2) is 0 Å². The van der Waals surface area contributed by atoms with Gasteiger partial charge in [-0.1, -0.05) is 25.5 Å². The van der Waals surface area contributed by atoms with E-state index in [0.717, 1.165) is 5.57 Å². The van der Waals surface area contributed by atoms with Crippen molar-refractivity contribution >= 4 is 11.6 Å². The summed E-state index contributed by atoms with van der Waals surface area (Å²) in [5.41, 5.74) is 2.32. The number of allylic oxidation sites excluding steroid dienone is 2. The van der Waals surface area contributed by atoms with E-state index in [0.29, 0.717) is 29.0 Å². The van der Waals surface area contributed by atoms with Crippen molar-refractivity contribution in [1.29, 1.82) is 0 Å². The van der Waals surface area contributed by atoms with E-state index in [-0.39, 0.29) is 29.3 Å². The molecule has 0 saturated heterocycles. The van der Waals surface area contributed by atoms with E-state index in [1.165, 1.54) is 0 Å². The maximum absolute atomic E-state index is 13.4. The Morgan fingerprint density at radius 3 is 1.70 bits per heavy atom. The molecule has 30 heavy (non-hydrogen) atoms. The van der Waals surface area contributed by atoms with E-state index in [1.54, 1.807) is 62.8 Å². The van der Waals surface area contributed by atoms with Gasteiger partial charge in [-0.3, -0.25) is 9.59 Å². The molecule has 0 aliphatic rings. The fourth-order valence-corrected chi connectivity index (χ4v) is 3.59. The Labute approximate surface area is 179 Å². The molecule has 4 heteroatoms. The summed E-state index contributed by atoms with van der Waals surface area (Å²) in [7, 11) is 3.20. The molecule has 2 aromatic rings. The molecule has 0 heterocycles. The highest BCUT2D eigenvalue weighted by Gasteiger charge is 2.31. The summed E-state index contributed by atoms with van der Waals surface area (Å²) in [4.78, 5) is 26.4. The third-order valence-electron chi connectivity index (χ3n) is 5.34. The summed E-state index contributed by atoms with van der Waals surface area (Å²) >= 11 is 0. The second-order valence-electron chi connectivity index (χ2n) is 8.13. The molecule has 0 aliphatic carbocycles. The molecule has 0 aliphatic heterocycles. The first kappa shape index (κ1) is 23.4. The van der Waals surface area contributed by atoms with Gasteiger partial charge in [0.1, 0.15) is 11.5 Å². The van der Waals surface area contributed by atoms with Gasteiger partial charge in [-0.15, -0.1) is 0 Å². The van der Waals surface area contributed by atoms with Crippen molar-refractivity contribution in [2.45, 2.75) is 34.1 Å². The molecule has 2 unspecified atom stereocenters. The number of ether oxygens (including phenoxy) is 2. The van der Waals surface area contributed by atoms with E-state index in [4.69, 9.17) is 9.47 Å². The van der Waals surface area contributed by atoms with Crippen molar-refractivity contribution in [2.24, 2.45) is 17.8 Å². The molecule has 0 saturated carbocycles. The second-order valence-corrected chi connectivity index (χ2v) is 8.13. The Balaban J connectivity index is 2.32. The smallest absolute Gasteiger partial charge is 0.170 e. The maximum atomic E-state index is 13.4. The SMILES string of the molecule is COc1ccc(C(=O)CC(C(C)C)C(C=C(C)C)C(=O)c2ccc(OC)cc2)cc1. The van der Waals surface area contributed by atoms with Crippen molar-refractivity contribution in [3.05, 3.63) is 71.3 Å². The van der Waals surface area contributed by atoms with Crippen LogP contribution in [0.1, 0.15) is 54.8 Å². The van der Waals surface area contributed by atoms with Crippen LogP contribution in [-0.2, 0) is 0 Å². The normalized spacial score (nSPS) is 12.8. The van der Waals surface area contributed by atoms with Gasteiger partial charge >= 0.3 is 0 Å². The lowest BCUT2D eigenvalue weighted by molar-refractivity contribution is 0.0839. The van der Waals surface area contributed by atoms with Crippen LogP contribution < -0.4 is 9.47 Å². The average Bonchev–Trinajstić information content (AvgIpc) is 2.75. The van der Waals surface area contributed by atoms with Gasteiger partial charge in [0.2, 0.25) is 0 Å². The van der Waals surface area contributed by atoms with Gasteiger partial charge in [0.25, 0.3) is 0 Å². The van der Waals surface area contributed by atoms with Crippen molar-refractivity contribution in [1.82, 2.24) is 0 Å². The van der Waals surface area contributed by atoms with Crippen LogP contribution in [0.15, 0.2) is 60.2 Å². The number of Topliss-reactive ketones (excluding diaryl/α,β-unsaturated/α-hetero) is 2. The minimum atomic E-state index is -0.370. The molecular formula is C26H32O4. The lowest BCUT2D eigenvalue weighted by Gasteiger charge is -2.27. The van der Waals surface area contributed by atoms with Crippen molar-refractivity contribution < 1.29 is 19.1 Å². The molecule has 0 fully saturated rings. The van der Waals surface area contributed by atoms with Crippen molar-refractivity contribution in [2.75, 3.05) is 14.2 Å². The quantitative estimate of drug-likeness (QED) is 0.357. The van der Waals surface area contributed by atoms with E-state index >= 15 is 0 Å². The summed E-state index contributed by atoms with van der Waals surface area (Å²) in [5, 5.41) is 0. The van der Waals surface area contributed by atoms with E-state index < -0.39 is 0 Å². The molecule has 160 valence electrons. The number of hydrogen-bond acceptors (Lipinski definition) is 4. The van der Waals surface area contributed by atoms with Gasteiger partial charge in [0, 0.05) is 23.5 Å². The minimum absolute atomic E-state index is 0.0279. The third kappa shape index (κ3) is 6.06. The number of rotatable bonds is 10. The van der Waals surface area contributed by atoms with E-state index in [9.17, 15) is 9.59 Å². The minimum Gasteiger partial charge on any atom is -0.497 e. The molecular weight excluding hydrogens is 376 g/mol. The van der Waals surface area contributed by atoms with Crippen molar-refractivity contribution in [3.8, 4) is 11.5 Å². The fraction of sp³-hybridized carbons (Fsp3) is 0.385. The molecule has 2 atom stereocenters. The third-order valence-corrected chi connectivity index (χ3v) is 5.34. The standard InChI is InChI=1S/C26H32O4/c1-17(2)15-24(26(28)20-9-13-22(30-6)14-10-20)23(18(3)4)16-25(27)19-7-11-21(29-5)12-8-19/h7-15,18,23-24H,16H2,1-6H3. The van der Waals surface area contributed by atoms with Crippen LogP contribution in [0.3, 0.4) is 0 Å². The summed E-state index contributed by atoms with van der Waals surface area (Å²) in [6, 6.07) is 14.3. The first-order valence-corrected chi connectivity index (χ1v) is 10.3. The molecule has 2 aromatic carbocycles. The van der Waals surface area contributed by atoms with Crippen LogP contribution in [0.4, 0.5) is 0 Å². The van der Waals surface area contributed by atoms with Crippen LogP contribution in [0.5, 0.6) is 11.5 Å². The van der Waals surface area contributed by atoms with Crippen LogP contribution >= 0.6 is 0 Å². The largest absolute Gasteiger partial charge is 0.497 e. The molecule has 0 N–H and O–H groups in total. The predicted octanol–water partition coefficient (Wildman–Crippen LogP) is 6.01. The molecule has 0 amide bonds. The fourth-order valence-electron chi connectivity index (χ4n) is 3.59. The number of carbonyl (C=O) groups excluding carboxylic acids is 2. The van der Waals surface area contributed by atoms with Gasteiger partial charge in [0.15, 0.2) is 11.6 Å². The second kappa shape index (κ2) is 10.8. The van der Waals surface area contributed by atoms with Gasteiger partial charge < -0.3 is 9.47 Å². The number of carbonyl (C=O) groups is 2. The summed E-state index contributed by atoms with van der Waals surface area (Å²) in [5.74, 6) is 1.17. The summed E-state index contributed by atoms with van der Waals surface area (Å²) < 4.78 is 10.4. The summed E-state index contributed by atoms with van der Waals surface area (Å²) in [6.07, 6.45) is 2.30.